The monoisotopic (exact) mass is 526 g/mol. The zero-order chi connectivity index (χ0) is 25.7. The number of hydrogen-bond donors (Lipinski definition) is 2. The van der Waals surface area contributed by atoms with E-state index in [2.05, 4.69) is 0 Å². The number of ether oxygens (including phenoxy) is 2. The van der Waals surface area contributed by atoms with E-state index < -0.39 is 30.1 Å². The normalized spacial score (nSPS) is 19.8. The van der Waals surface area contributed by atoms with Crippen molar-refractivity contribution in [1.82, 2.24) is 0 Å². The zero-order valence-corrected chi connectivity index (χ0v) is 21.3. The Morgan fingerprint density at radius 3 is 2.61 bits per heavy atom. The molecule has 0 amide bonds. The number of carbonyl (C=O) groups excluding carboxylic acids is 1. The summed E-state index contributed by atoms with van der Waals surface area (Å²) in [7, 11) is 0. The van der Waals surface area contributed by atoms with Crippen molar-refractivity contribution in [3.63, 3.8) is 0 Å². The van der Waals surface area contributed by atoms with Crippen LogP contribution in [0.1, 0.15) is 46.5 Å². The molecule has 0 bridgehead atoms. The SMILES string of the molecule is CCOc1ccc(Cc2cc([C@H]3CC(O)C(=O)C(CSc4ccccc4C(=O)O)O3)ccc2Cl)cc1. The molecule has 3 atom stereocenters. The summed E-state index contributed by atoms with van der Waals surface area (Å²) >= 11 is 7.71. The van der Waals surface area contributed by atoms with Crippen molar-refractivity contribution >= 4 is 35.1 Å². The van der Waals surface area contributed by atoms with Gasteiger partial charge in [0, 0.05) is 22.1 Å². The van der Waals surface area contributed by atoms with Crippen LogP contribution in [-0.4, -0.2) is 46.5 Å². The number of benzene rings is 3. The van der Waals surface area contributed by atoms with Crippen LogP contribution in [0.25, 0.3) is 0 Å². The summed E-state index contributed by atoms with van der Waals surface area (Å²) in [6.07, 6.45) is -1.76. The van der Waals surface area contributed by atoms with E-state index in [1.54, 1.807) is 24.3 Å². The van der Waals surface area contributed by atoms with Gasteiger partial charge < -0.3 is 19.7 Å². The average molecular weight is 527 g/mol. The van der Waals surface area contributed by atoms with Gasteiger partial charge in [-0.3, -0.25) is 4.79 Å². The van der Waals surface area contributed by atoms with Crippen LogP contribution in [0.3, 0.4) is 0 Å². The van der Waals surface area contributed by atoms with E-state index in [0.29, 0.717) is 22.9 Å². The van der Waals surface area contributed by atoms with E-state index in [9.17, 15) is 19.8 Å². The minimum atomic E-state index is -1.16. The molecule has 0 aliphatic carbocycles. The zero-order valence-electron chi connectivity index (χ0n) is 19.7. The van der Waals surface area contributed by atoms with Crippen molar-refractivity contribution in [2.75, 3.05) is 12.4 Å². The van der Waals surface area contributed by atoms with Crippen molar-refractivity contribution in [2.24, 2.45) is 0 Å². The van der Waals surface area contributed by atoms with E-state index in [-0.39, 0.29) is 17.7 Å². The molecule has 0 aromatic heterocycles. The van der Waals surface area contributed by atoms with Crippen LogP contribution in [-0.2, 0) is 16.0 Å². The van der Waals surface area contributed by atoms with Crippen molar-refractivity contribution in [3.05, 3.63) is 94.0 Å². The fraction of sp³-hybridized carbons (Fsp3) is 0.286. The topological polar surface area (TPSA) is 93.1 Å². The molecule has 3 aromatic rings. The average Bonchev–Trinajstić information content (AvgIpc) is 2.87. The van der Waals surface area contributed by atoms with Gasteiger partial charge in [0.15, 0.2) is 5.78 Å². The molecule has 1 aliphatic rings. The van der Waals surface area contributed by atoms with E-state index in [1.807, 2.05) is 43.3 Å². The molecule has 0 spiro atoms. The predicted molar refractivity (Wildman–Crippen MR) is 139 cm³/mol. The molecule has 8 heteroatoms. The molecular formula is C28H27ClO6S. The van der Waals surface area contributed by atoms with Gasteiger partial charge in [0.05, 0.1) is 18.3 Å². The van der Waals surface area contributed by atoms with Gasteiger partial charge in [-0.1, -0.05) is 48.0 Å². The third kappa shape index (κ3) is 6.28. The number of ketones is 1. The van der Waals surface area contributed by atoms with Crippen LogP contribution in [0, 0.1) is 0 Å². The van der Waals surface area contributed by atoms with Crippen LogP contribution in [0.4, 0.5) is 0 Å². The number of aromatic carboxylic acids is 1. The third-order valence-corrected chi connectivity index (χ3v) is 7.49. The molecule has 36 heavy (non-hydrogen) atoms. The number of hydrogen-bond acceptors (Lipinski definition) is 6. The first-order valence-electron chi connectivity index (χ1n) is 11.7. The summed E-state index contributed by atoms with van der Waals surface area (Å²) in [5.41, 5.74) is 2.98. The maximum atomic E-state index is 12.6. The molecular weight excluding hydrogens is 500 g/mol. The molecule has 1 fully saturated rings. The van der Waals surface area contributed by atoms with E-state index in [1.165, 1.54) is 17.8 Å². The lowest BCUT2D eigenvalue weighted by molar-refractivity contribution is -0.155. The first-order valence-corrected chi connectivity index (χ1v) is 13.0. The second kappa shape index (κ2) is 11.9. The Bertz CT molecular complexity index is 1230. The summed E-state index contributed by atoms with van der Waals surface area (Å²) in [5.74, 6) is -0.419. The van der Waals surface area contributed by atoms with Crippen LogP contribution in [0.15, 0.2) is 71.6 Å². The van der Waals surface area contributed by atoms with Gasteiger partial charge in [0.25, 0.3) is 0 Å². The molecule has 0 radical (unpaired) electrons. The van der Waals surface area contributed by atoms with Crippen molar-refractivity contribution in [3.8, 4) is 5.75 Å². The molecule has 4 rings (SSSR count). The summed E-state index contributed by atoms with van der Waals surface area (Å²) in [6, 6.07) is 20.1. The lowest BCUT2D eigenvalue weighted by atomic mass is 9.93. The maximum absolute atomic E-state index is 12.6. The number of carboxylic acids is 1. The summed E-state index contributed by atoms with van der Waals surface area (Å²) in [5, 5.41) is 20.5. The van der Waals surface area contributed by atoms with Crippen LogP contribution in [0.2, 0.25) is 5.02 Å². The Balaban J connectivity index is 1.48. The highest BCUT2D eigenvalue weighted by Crippen LogP contribution is 2.35. The number of aliphatic hydroxyl groups is 1. The fourth-order valence-electron chi connectivity index (χ4n) is 4.15. The third-order valence-electron chi connectivity index (χ3n) is 5.99. The fourth-order valence-corrected chi connectivity index (χ4v) is 5.39. The molecule has 3 aromatic carbocycles. The lowest BCUT2D eigenvalue weighted by Gasteiger charge is -2.32. The highest BCUT2D eigenvalue weighted by molar-refractivity contribution is 7.99. The van der Waals surface area contributed by atoms with Gasteiger partial charge in [0.2, 0.25) is 0 Å². The quantitative estimate of drug-likeness (QED) is 0.351. The van der Waals surface area contributed by atoms with Gasteiger partial charge in [-0.15, -0.1) is 11.8 Å². The lowest BCUT2D eigenvalue weighted by Crippen LogP contribution is -2.43. The number of thioether (sulfide) groups is 1. The smallest absolute Gasteiger partial charge is 0.336 e. The summed E-state index contributed by atoms with van der Waals surface area (Å²) < 4.78 is 11.6. The molecule has 1 heterocycles. The predicted octanol–water partition coefficient (Wildman–Crippen LogP) is 5.58. The number of carboxylic acid groups (broad SMARTS) is 1. The molecule has 2 unspecified atom stereocenters. The maximum Gasteiger partial charge on any atom is 0.336 e. The first-order chi connectivity index (χ1) is 17.4. The molecule has 0 saturated carbocycles. The van der Waals surface area contributed by atoms with Crippen LogP contribution < -0.4 is 4.74 Å². The molecule has 188 valence electrons. The Labute approximate surface area is 219 Å². The summed E-state index contributed by atoms with van der Waals surface area (Å²) in [4.78, 5) is 24.7. The van der Waals surface area contributed by atoms with Gasteiger partial charge in [-0.25, -0.2) is 4.79 Å². The minimum absolute atomic E-state index is 0.149. The number of rotatable bonds is 9. The standard InChI is InChI=1S/C28H27ClO6S/c1-2-34-20-10-7-17(8-11-20)13-19-14-18(9-12-22(19)29)24-15-23(30)27(31)25(35-24)16-36-26-6-4-3-5-21(26)28(32)33/h3-12,14,23-25,30H,2,13,15-16H2,1H3,(H,32,33)/t23?,24-,25?/m1/s1. The Morgan fingerprint density at radius 2 is 1.89 bits per heavy atom. The van der Waals surface area contributed by atoms with E-state index in [4.69, 9.17) is 21.1 Å². The Kier molecular flexibility index (Phi) is 8.69. The van der Waals surface area contributed by atoms with Gasteiger partial charge >= 0.3 is 5.97 Å². The highest BCUT2D eigenvalue weighted by Gasteiger charge is 2.37. The second-order valence-electron chi connectivity index (χ2n) is 8.48. The van der Waals surface area contributed by atoms with Gasteiger partial charge in [-0.2, -0.15) is 0 Å². The molecule has 2 N–H and O–H groups in total. The number of carbonyl (C=O) groups is 2. The second-order valence-corrected chi connectivity index (χ2v) is 9.95. The van der Waals surface area contributed by atoms with Crippen LogP contribution in [0.5, 0.6) is 5.75 Å². The van der Waals surface area contributed by atoms with E-state index >= 15 is 0 Å². The minimum Gasteiger partial charge on any atom is -0.494 e. The molecule has 6 nitrogen and oxygen atoms in total. The first kappa shape index (κ1) is 26.2. The number of halogens is 1. The van der Waals surface area contributed by atoms with Crippen molar-refractivity contribution in [1.29, 1.82) is 0 Å². The van der Waals surface area contributed by atoms with E-state index in [0.717, 1.165) is 22.4 Å². The van der Waals surface area contributed by atoms with Crippen molar-refractivity contribution < 1.29 is 29.3 Å². The summed E-state index contributed by atoms with van der Waals surface area (Å²) in [6.45, 7) is 2.55. The molecule has 1 saturated heterocycles. The Hall–Kier alpha value is -2.84. The number of aliphatic hydroxyl groups excluding tert-OH is 1. The van der Waals surface area contributed by atoms with Crippen LogP contribution >= 0.6 is 23.4 Å². The van der Waals surface area contributed by atoms with Gasteiger partial charge in [0.1, 0.15) is 18.0 Å². The highest BCUT2D eigenvalue weighted by atomic mass is 35.5. The largest absolute Gasteiger partial charge is 0.494 e. The molecule has 1 aliphatic heterocycles. The Morgan fingerprint density at radius 1 is 1.14 bits per heavy atom. The van der Waals surface area contributed by atoms with Gasteiger partial charge in [-0.05, 0) is 60.4 Å². The van der Waals surface area contributed by atoms with Crippen molar-refractivity contribution in [2.45, 2.75) is 43.0 Å². The number of Topliss-reactive ketones (excluding diaryl/α,β-unsaturated/α-hetero) is 1.